The number of amides is 1. The lowest BCUT2D eigenvalue weighted by Gasteiger charge is -2.33. The van der Waals surface area contributed by atoms with E-state index in [-0.39, 0.29) is 17.9 Å². The van der Waals surface area contributed by atoms with Gasteiger partial charge < -0.3 is 4.90 Å². The van der Waals surface area contributed by atoms with Crippen LogP contribution in [-0.2, 0) is 0 Å². The molecule has 1 aromatic carbocycles. The highest BCUT2D eigenvalue weighted by Gasteiger charge is 2.29. The van der Waals surface area contributed by atoms with Crippen molar-refractivity contribution in [1.29, 1.82) is 0 Å². The van der Waals surface area contributed by atoms with Crippen LogP contribution in [0.25, 0.3) is 11.0 Å². The number of rotatable bonds is 3. The summed E-state index contributed by atoms with van der Waals surface area (Å²) in [5.41, 5.74) is 4.69. The first kappa shape index (κ1) is 18.7. The van der Waals surface area contributed by atoms with Crippen molar-refractivity contribution in [2.45, 2.75) is 58.9 Å². The van der Waals surface area contributed by atoms with Crippen molar-refractivity contribution in [1.82, 2.24) is 14.8 Å². The average molecular weight is 377 g/mol. The Labute approximate surface area is 166 Å². The maximum absolute atomic E-state index is 13.7. The van der Waals surface area contributed by atoms with Gasteiger partial charge in [0.15, 0.2) is 5.65 Å². The van der Waals surface area contributed by atoms with E-state index in [0.717, 1.165) is 35.4 Å². The maximum atomic E-state index is 13.7. The minimum Gasteiger partial charge on any atom is -0.308 e. The normalized spacial score (nSPS) is 16.8. The van der Waals surface area contributed by atoms with Crippen LogP contribution in [0.1, 0.15) is 80.5 Å². The quantitative estimate of drug-likeness (QED) is 0.624. The molecule has 1 unspecified atom stereocenters. The molecule has 3 heterocycles. The highest BCUT2D eigenvalue weighted by Crippen LogP contribution is 2.36. The second-order valence-corrected chi connectivity index (χ2v) is 8.37. The molecule has 0 saturated heterocycles. The summed E-state index contributed by atoms with van der Waals surface area (Å²) in [7, 11) is 0. The van der Waals surface area contributed by atoms with Gasteiger partial charge in [-0.1, -0.05) is 39.0 Å². The summed E-state index contributed by atoms with van der Waals surface area (Å²) in [5.74, 6) is 0.740. The molecule has 0 radical (unpaired) electrons. The van der Waals surface area contributed by atoms with Gasteiger partial charge in [0.05, 0.1) is 17.1 Å². The number of aromatic nitrogens is 3. The molecule has 0 fully saturated rings. The first-order valence-electron chi connectivity index (χ1n) is 10.2. The van der Waals surface area contributed by atoms with Crippen molar-refractivity contribution in [2.75, 3.05) is 11.4 Å². The molecular weight excluding hydrogens is 348 g/mol. The van der Waals surface area contributed by atoms with E-state index in [9.17, 15) is 4.79 Å². The number of carbonyl (C=O) groups is 1. The van der Waals surface area contributed by atoms with E-state index in [1.165, 1.54) is 5.56 Å². The average Bonchev–Trinajstić information content (AvgIpc) is 3.11. The SMILES string of the molecule is CC(C)c1cc(C(=O)N2CCC(C)c3ccccc32)c2cnn(C(C)C)c2n1. The Morgan fingerprint density at radius 2 is 1.93 bits per heavy atom. The summed E-state index contributed by atoms with van der Waals surface area (Å²) in [6, 6.07) is 10.4. The number of hydrogen-bond acceptors (Lipinski definition) is 3. The zero-order chi connectivity index (χ0) is 20.0. The zero-order valence-corrected chi connectivity index (χ0v) is 17.3. The van der Waals surface area contributed by atoms with Gasteiger partial charge in [-0.2, -0.15) is 5.10 Å². The molecule has 0 saturated carbocycles. The third-order valence-corrected chi connectivity index (χ3v) is 5.69. The van der Waals surface area contributed by atoms with Gasteiger partial charge in [0.1, 0.15) is 0 Å². The first-order chi connectivity index (χ1) is 13.4. The van der Waals surface area contributed by atoms with Gasteiger partial charge in [0.25, 0.3) is 5.91 Å². The summed E-state index contributed by atoms with van der Waals surface area (Å²) in [6.45, 7) is 11.3. The van der Waals surface area contributed by atoms with E-state index in [1.54, 1.807) is 6.20 Å². The summed E-state index contributed by atoms with van der Waals surface area (Å²) in [4.78, 5) is 20.5. The van der Waals surface area contributed by atoms with E-state index >= 15 is 0 Å². The minimum atomic E-state index is 0.0388. The highest BCUT2D eigenvalue weighted by atomic mass is 16.2. The maximum Gasteiger partial charge on any atom is 0.259 e. The molecule has 0 bridgehead atoms. The van der Waals surface area contributed by atoms with Gasteiger partial charge in [-0.25, -0.2) is 9.67 Å². The van der Waals surface area contributed by atoms with Gasteiger partial charge in [0.2, 0.25) is 0 Å². The molecule has 0 aliphatic carbocycles. The fourth-order valence-corrected chi connectivity index (χ4v) is 3.99. The molecule has 3 aromatic rings. The van der Waals surface area contributed by atoms with E-state index < -0.39 is 0 Å². The predicted molar refractivity (Wildman–Crippen MR) is 113 cm³/mol. The third-order valence-electron chi connectivity index (χ3n) is 5.69. The highest BCUT2D eigenvalue weighted by molar-refractivity contribution is 6.13. The van der Waals surface area contributed by atoms with E-state index in [1.807, 2.05) is 21.7 Å². The van der Waals surface area contributed by atoms with Crippen LogP contribution >= 0.6 is 0 Å². The van der Waals surface area contributed by atoms with Crippen molar-refractivity contribution in [3.8, 4) is 0 Å². The third kappa shape index (κ3) is 2.99. The number of benzene rings is 1. The Morgan fingerprint density at radius 1 is 1.18 bits per heavy atom. The second kappa shape index (κ2) is 7.04. The summed E-state index contributed by atoms with van der Waals surface area (Å²) >= 11 is 0. The molecule has 146 valence electrons. The van der Waals surface area contributed by atoms with Crippen LogP contribution in [-0.4, -0.2) is 27.2 Å². The lowest BCUT2D eigenvalue weighted by molar-refractivity contribution is 0.0986. The van der Waals surface area contributed by atoms with Gasteiger partial charge >= 0.3 is 0 Å². The summed E-state index contributed by atoms with van der Waals surface area (Å²) in [5, 5.41) is 5.36. The van der Waals surface area contributed by atoms with Crippen LogP contribution in [0.5, 0.6) is 0 Å². The second-order valence-electron chi connectivity index (χ2n) is 8.37. The molecule has 0 N–H and O–H groups in total. The summed E-state index contributed by atoms with van der Waals surface area (Å²) < 4.78 is 1.91. The molecule has 5 heteroatoms. The van der Waals surface area contributed by atoms with Crippen LogP contribution in [0.4, 0.5) is 5.69 Å². The predicted octanol–water partition coefficient (Wildman–Crippen LogP) is 5.29. The van der Waals surface area contributed by atoms with Gasteiger partial charge in [-0.05, 0) is 49.8 Å². The number of anilines is 1. The van der Waals surface area contributed by atoms with Gasteiger partial charge in [-0.3, -0.25) is 4.79 Å². The molecule has 0 spiro atoms. The van der Waals surface area contributed by atoms with Crippen molar-refractivity contribution in [2.24, 2.45) is 0 Å². The standard InChI is InChI=1S/C23H28N4O/c1-14(2)20-12-18(19-13-24-27(15(3)4)22(19)25-20)23(28)26-11-10-16(5)17-8-6-7-9-21(17)26/h6-9,12-16H,10-11H2,1-5H3. The van der Waals surface area contributed by atoms with Gasteiger partial charge in [-0.15, -0.1) is 0 Å². The molecule has 1 aliphatic heterocycles. The van der Waals surface area contributed by atoms with E-state index in [0.29, 0.717) is 11.5 Å². The van der Waals surface area contributed by atoms with Crippen LogP contribution in [0.3, 0.4) is 0 Å². The van der Waals surface area contributed by atoms with Crippen LogP contribution in [0, 0.1) is 0 Å². The number of hydrogen-bond donors (Lipinski definition) is 0. The largest absolute Gasteiger partial charge is 0.308 e. The Kier molecular flexibility index (Phi) is 4.69. The molecular formula is C23H28N4O. The molecule has 5 nitrogen and oxygen atoms in total. The van der Waals surface area contributed by atoms with E-state index in [4.69, 9.17) is 4.98 Å². The molecule has 28 heavy (non-hydrogen) atoms. The first-order valence-corrected chi connectivity index (χ1v) is 10.2. The fraction of sp³-hybridized carbons (Fsp3) is 0.435. The monoisotopic (exact) mass is 376 g/mol. The Hall–Kier alpha value is -2.69. The summed E-state index contributed by atoms with van der Waals surface area (Å²) in [6.07, 6.45) is 2.76. The van der Waals surface area contributed by atoms with Crippen molar-refractivity contribution in [3.63, 3.8) is 0 Å². The van der Waals surface area contributed by atoms with Crippen molar-refractivity contribution in [3.05, 3.63) is 53.3 Å². The Bertz CT molecular complexity index is 1030. The smallest absolute Gasteiger partial charge is 0.259 e. The van der Waals surface area contributed by atoms with Gasteiger partial charge in [0, 0.05) is 24.0 Å². The number of pyridine rings is 1. The lowest BCUT2D eigenvalue weighted by Crippen LogP contribution is -2.36. The minimum absolute atomic E-state index is 0.0388. The lowest BCUT2D eigenvalue weighted by atomic mass is 9.91. The molecule has 1 amide bonds. The zero-order valence-electron chi connectivity index (χ0n) is 17.3. The van der Waals surface area contributed by atoms with Crippen LogP contribution < -0.4 is 4.90 Å². The Morgan fingerprint density at radius 3 is 2.64 bits per heavy atom. The van der Waals surface area contributed by atoms with Crippen molar-refractivity contribution >= 4 is 22.6 Å². The molecule has 4 rings (SSSR count). The number of carbonyl (C=O) groups excluding carboxylic acids is 1. The number of nitrogens with zero attached hydrogens (tertiary/aromatic N) is 4. The number of fused-ring (bicyclic) bond motifs is 2. The molecule has 2 aromatic heterocycles. The van der Waals surface area contributed by atoms with Crippen LogP contribution in [0.15, 0.2) is 36.5 Å². The molecule has 1 aliphatic rings. The fourth-order valence-electron chi connectivity index (χ4n) is 3.99. The van der Waals surface area contributed by atoms with Crippen LogP contribution in [0.2, 0.25) is 0 Å². The Balaban J connectivity index is 1.87. The number of para-hydroxylation sites is 1. The topological polar surface area (TPSA) is 51.0 Å². The molecule has 1 atom stereocenters. The van der Waals surface area contributed by atoms with Crippen molar-refractivity contribution < 1.29 is 4.79 Å². The van der Waals surface area contributed by atoms with E-state index in [2.05, 4.69) is 57.9 Å².